The van der Waals surface area contributed by atoms with Crippen LogP contribution in [0.3, 0.4) is 0 Å². The SMILES string of the molecule is CN1CCc2c(Cl)ccc3oc(C=CS(=O)(=O)c4ccccc4)c(c23)C1. The van der Waals surface area contributed by atoms with E-state index in [1.54, 1.807) is 36.4 Å². The van der Waals surface area contributed by atoms with Crippen LogP contribution in [0.4, 0.5) is 0 Å². The molecule has 0 aliphatic carbocycles. The van der Waals surface area contributed by atoms with Crippen LogP contribution in [0.25, 0.3) is 17.0 Å². The molecule has 2 aromatic carbocycles. The number of rotatable bonds is 3. The molecule has 134 valence electrons. The molecule has 0 fully saturated rings. The van der Waals surface area contributed by atoms with E-state index in [4.69, 9.17) is 16.0 Å². The Morgan fingerprint density at radius 3 is 2.65 bits per heavy atom. The van der Waals surface area contributed by atoms with Crippen molar-refractivity contribution in [3.8, 4) is 0 Å². The van der Waals surface area contributed by atoms with Crippen LogP contribution in [0.5, 0.6) is 0 Å². The Kier molecular flexibility index (Phi) is 4.39. The average molecular weight is 388 g/mol. The number of hydrogen-bond acceptors (Lipinski definition) is 4. The molecule has 0 radical (unpaired) electrons. The molecular weight excluding hydrogens is 370 g/mol. The van der Waals surface area contributed by atoms with E-state index in [9.17, 15) is 8.42 Å². The lowest BCUT2D eigenvalue weighted by molar-refractivity contribution is 0.334. The fourth-order valence-electron chi connectivity index (χ4n) is 3.35. The van der Waals surface area contributed by atoms with E-state index in [2.05, 4.69) is 4.90 Å². The number of nitrogens with zero attached hydrogens (tertiary/aromatic N) is 1. The van der Waals surface area contributed by atoms with Crippen molar-refractivity contribution in [1.82, 2.24) is 4.90 Å². The van der Waals surface area contributed by atoms with E-state index in [1.165, 1.54) is 5.41 Å². The van der Waals surface area contributed by atoms with E-state index in [0.29, 0.717) is 12.3 Å². The minimum atomic E-state index is -3.52. The topological polar surface area (TPSA) is 50.5 Å². The number of halogens is 1. The van der Waals surface area contributed by atoms with Gasteiger partial charge in [-0.2, -0.15) is 0 Å². The normalized spacial score (nSPS) is 15.6. The molecular formula is C20H18ClNO3S. The maximum atomic E-state index is 12.5. The molecule has 6 heteroatoms. The first-order valence-electron chi connectivity index (χ1n) is 8.35. The summed E-state index contributed by atoms with van der Waals surface area (Å²) >= 11 is 6.39. The van der Waals surface area contributed by atoms with Gasteiger partial charge in [0.25, 0.3) is 0 Å². The molecule has 1 aliphatic heterocycles. The molecule has 0 saturated heterocycles. The van der Waals surface area contributed by atoms with Gasteiger partial charge in [0.15, 0.2) is 9.84 Å². The highest BCUT2D eigenvalue weighted by Crippen LogP contribution is 2.36. The number of furan rings is 1. The lowest BCUT2D eigenvalue weighted by atomic mass is 10.0. The van der Waals surface area contributed by atoms with Gasteiger partial charge in [-0.3, -0.25) is 0 Å². The fourth-order valence-corrected chi connectivity index (χ4v) is 4.60. The van der Waals surface area contributed by atoms with Gasteiger partial charge in [0.1, 0.15) is 11.3 Å². The van der Waals surface area contributed by atoms with Crippen molar-refractivity contribution in [2.24, 2.45) is 0 Å². The molecule has 0 amide bonds. The molecule has 0 bridgehead atoms. The summed E-state index contributed by atoms with van der Waals surface area (Å²) in [5.41, 5.74) is 2.79. The second kappa shape index (κ2) is 6.58. The van der Waals surface area contributed by atoms with Crippen molar-refractivity contribution in [2.45, 2.75) is 17.9 Å². The van der Waals surface area contributed by atoms with Crippen LogP contribution in [0.15, 0.2) is 57.2 Å². The summed E-state index contributed by atoms with van der Waals surface area (Å²) in [6, 6.07) is 12.1. The zero-order valence-electron chi connectivity index (χ0n) is 14.3. The quantitative estimate of drug-likeness (QED) is 0.663. The Morgan fingerprint density at radius 2 is 1.88 bits per heavy atom. The summed E-state index contributed by atoms with van der Waals surface area (Å²) in [4.78, 5) is 2.45. The van der Waals surface area contributed by atoms with E-state index in [0.717, 1.165) is 40.1 Å². The third kappa shape index (κ3) is 3.07. The van der Waals surface area contributed by atoms with Gasteiger partial charge in [-0.15, -0.1) is 0 Å². The molecule has 0 unspecified atom stereocenters. The minimum absolute atomic E-state index is 0.263. The minimum Gasteiger partial charge on any atom is -0.456 e. The van der Waals surface area contributed by atoms with Gasteiger partial charge in [0.2, 0.25) is 0 Å². The first-order chi connectivity index (χ1) is 12.5. The first-order valence-corrected chi connectivity index (χ1v) is 10.3. The van der Waals surface area contributed by atoms with Crippen LogP contribution in [-0.4, -0.2) is 26.9 Å². The largest absolute Gasteiger partial charge is 0.456 e. The van der Waals surface area contributed by atoms with Crippen LogP contribution in [0, 0.1) is 0 Å². The Morgan fingerprint density at radius 1 is 1.12 bits per heavy atom. The van der Waals surface area contributed by atoms with Gasteiger partial charge in [-0.1, -0.05) is 29.8 Å². The molecule has 1 aliphatic rings. The standard InChI is InChI=1S/C20H18ClNO3S/c1-22-11-9-15-17(21)7-8-19-20(15)16(13-22)18(25-19)10-12-26(23,24)14-5-3-2-4-6-14/h2-8,10,12H,9,11,13H2,1H3. The smallest absolute Gasteiger partial charge is 0.199 e. The monoisotopic (exact) mass is 387 g/mol. The molecule has 0 spiro atoms. The third-order valence-corrected chi connectivity index (χ3v) is 6.46. The lowest BCUT2D eigenvalue weighted by Gasteiger charge is -2.12. The molecule has 2 heterocycles. The van der Waals surface area contributed by atoms with Crippen molar-refractivity contribution in [3.05, 3.63) is 69.8 Å². The first kappa shape index (κ1) is 17.3. The van der Waals surface area contributed by atoms with E-state index >= 15 is 0 Å². The van der Waals surface area contributed by atoms with Crippen LogP contribution < -0.4 is 0 Å². The average Bonchev–Trinajstić information content (AvgIpc) is 2.87. The summed E-state index contributed by atoms with van der Waals surface area (Å²) < 4.78 is 31.0. The number of benzene rings is 2. The number of likely N-dealkylation sites (N-methyl/N-ethyl adjacent to an activating group) is 1. The zero-order chi connectivity index (χ0) is 18.3. The van der Waals surface area contributed by atoms with Crippen molar-refractivity contribution in [1.29, 1.82) is 0 Å². The summed E-state index contributed by atoms with van der Waals surface area (Å²) in [5, 5.41) is 2.95. The van der Waals surface area contributed by atoms with Crippen molar-refractivity contribution in [2.75, 3.05) is 13.6 Å². The molecule has 0 saturated carbocycles. The second-order valence-electron chi connectivity index (χ2n) is 6.49. The van der Waals surface area contributed by atoms with E-state index < -0.39 is 9.84 Å². The van der Waals surface area contributed by atoms with Gasteiger partial charge in [0.05, 0.1) is 4.90 Å². The summed E-state index contributed by atoms with van der Waals surface area (Å²) in [6.45, 7) is 1.57. The van der Waals surface area contributed by atoms with E-state index in [-0.39, 0.29) is 4.90 Å². The predicted octanol–water partition coefficient (Wildman–Crippen LogP) is 4.52. The maximum absolute atomic E-state index is 12.5. The Balaban J connectivity index is 1.83. The van der Waals surface area contributed by atoms with Crippen molar-refractivity contribution < 1.29 is 12.8 Å². The van der Waals surface area contributed by atoms with Crippen LogP contribution >= 0.6 is 11.6 Å². The van der Waals surface area contributed by atoms with Crippen molar-refractivity contribution in [3.63, 3.8) is 0 Å². The van der Waals surface area contributed by atoms with Gasteiger partial charge in [0, 0.05) is 34.5 Å². The summed E-state index contributed by atoms with van der Waals surface area (Å²) in [7, 11) is -1.49. The molecule has 4 rings (SSSR count). The zero-order valence-corrected chi connectivity index (χ0v) is 15.8. The fraction of sp³-hybridized carbons (Fsp3) is 0.200. The third-order valence-electron chi connectivity index (χ3n) is 4.68. The number of hydrogen-bond donors (Lipinski definition) is 0. The van der Waals surface area contributed by atoms with Gasteiger partial charge >= 0.3 is 0 Å². The molecule has 4 nitrogen and oxygen atoms in total. The summed E-state index contributed by atoms with van der Waals surface area (Å²) in [6.07, 6.45) is 2.39. The Labute approximate surface area is 157 Å². The molecule has 0 N–H and O–H groups in total. The molecule has 26 heavy (non-hydrogen) atoms. The molecule has 3 aromatic rings. The maximum Gasteiger partial charge on any atom is 0.199 e. The molecule has 0 atom stereocenters. The van der Waals surface area contributed by atoms with Gasteiger partial charge in [-0.25, -0.2) is 8.42 Å². The Hall–Kier alpha value is -2.08. The number of sulfone groups is 1. The van der Waals surface area contributed by atoms with Gasteiger partial charge < -0.3 is 9.32 Å². The second-order valence-corrected chi connectivity index (χ2v) is 8.73. The predicted molar refractivity (Wildman–Crippen MR) is 104 cm³/mol. The Bertz CT molecular complexity index is 1100. The van der Waals surface area contributed by atoms with Crippen LogP contribution in [-0.2, 0) is 22.8 Å². The highest BCUT2D eigenvalue weighted by molar-refractivity contribution is 7.94. The van der Waals surface area contributed by atoms with Gasteiger partial charge in [-0.05, 0) is 49.4 Å². The summed E-state index contributed by atoms with van der Waals surface area (Å²) in [5.74, 6) is 0.566. The lowest BCUT2D eigenvalue weighted by Crippen LogP contribution is -2.18. The highest BCUT2D eigenvalue weighted by Gasteiger charge is 2.22. The van der Waals surface area contributed by atoms with Crippen LogP contribution in [0.2, 0.25) is 5.02 Å². The van der Waals surface area contributed by atoms with Crippen LogP contribution in [0.1, 0.15) is 16.9 Å². The van der Waals surface area contributed by atoms with Crippen molar-refractivity contribution >= 4 is 38.5 Å². The molecule has 1 aromatic heterocycles. The van der Waals surface area contributed by atoms with E-state index in [1.807, 2.05) is 19.2 Å². The highest BCUT2D eigenvalue weighted by atomic mass is 35.5.